The molecule has 1 rings (SSSR count). The Morgan fingerprint density at radius 3 is 2.47 bits per heavy atom. The molecule has 1 atom stereocenters. The molecule has 0 spiro atoms. The maximum absolute atomic E-state index is 5.91. The predicted octanol–water partition coefficient (Wildman–Crippen LogP) is 3.43. The van der Waals surface area contributed by atoms with Gasteiger partial charge < -0.3 is 14.8 Å². The number of hydrogen-bond donors (Lipinski definition) is 1. The lowest BCUT2D eigenvalue weighted by molar-refractivity contribution is 0.00446. The molecule has 0 radical (unpaired) electrons. The van der Waals surface area contributed by atoms with Crippen LogP contribution in [0, 0.1) is 0 Å². The van der Waals surface area contributed by atoms with Crippen molar-refractivity contribution in [1.29, 1.82) is 0 Å². The van der Waals surface area contributed by atoms with Gasteiger partial charge in [-0.1, -0.05) is 37.6 Å². The lowest BCUT2D eigenvalue weighted by atomic mass is 10.1. The number of hydrogen-bond acceptors (Lipinski definition) is 3. The highest BCUT2D eigenvalue weighted by Gasteiger charge is 2.11. The van der Waals surface area contributed by atoms with Gasteiger partial charge in [-0.15, -0.1) is 0 Å². The van der Waals surface area contributed by atoms with E-state index in [1.54, 1.807) is 0 Å². The minimum atomic E-state index is 0.0439. The molecule has 1 aromatic carbocycles. The Morgan fingerprint density at radius 1 is 1.11 bits per heavy atom. The zero-order valence-electron chi connectivity index (χ0n) is 11.8. The Labute approximate surface area is 121 Å². The molecule has 1 unspecified atom stereocenters. The van der Waals surface area contributed by atoms with E-state index < -0.39 is 0 Å². The largest absolute Gasteiger partial charge is 0.379 e. The topological polar surface area (TPSA) is 30.5 Å². The van der Waals surface area contributed by atoms with Gasteiger partial charge in [0.05, 0.1) is 19.3 Å². The fourth-order valence-electron chi connectivity index (χ4n) is 1.72. The third-order valence-corrected chi connectivity index (χ3v) is 2.97. The third-order valence-electron chi connectivity index (χ3n) is 2.72. The van der Waals surface area contributed by atoms with E-state index in [2.05, 4.69) is 19.2 Å². The highest BCUT2D eigenvalue weighted by atomic mass is 35.5. The molecule has 0 saturated carbocycles. The van der Waals surface area contributed by atoms with Crippen LogP contribution < -0.4 is 5.32 Å². The molecule has 19 heavy (non-hydrogen) atoms. The monoisotopic (exact) mass is 285 g/mol. The number of likely N-dealkylation sites (N-methyl/N-ethyl adjacent to an activating group) is 1. The quantitative estimate of drug-likeness (QED) is 0.668. The Balaban J connectivity index is 2.44. The fourth-order valence-corrected chi connectivity index (χ4v) is 1.85. The van der Waals surface area contributed by atoms with Crippen LogP contribution in [-0.4, -0.2) is 32.9 Å². The summed E-state index contributed by atoms with van der Waals surface area (Å²) in [5.74, 6) is 0. The predicted molar refractivity (Wildman–Crippen MR) is 79.8 cm³/mol. The minimum Gasteiger partial charge on any atom is -0.379 e. The van der Waals surface area contributed by atoms with Gasteiger partial charge in [-0.25, -0.2) is 0 Å². The maximum Gasteiger partial charge on any atom is 0.0950 e. The Kier molecular flexibility index (Phi) is 8.84. The third kappa shape index (κ3) is 6.92. The van der Waals surface area contributed by atoms with Crippen molar-refractivity contribution in [3.05, 3.63) is 34.9 Å². The van der Waals surface area contributed by atoms with E-state index in [4.69, 9.17) is 21.1 Å². The van der Waals surface area contributed by atoms with Crippen molar-refractivity contribution in [3.63, 3.8) is 0 Å². The summed E-state index contributed by atoms with van der Waals surface area (Å²) in [4.78, 5) is 0. The smallest absolute Gasteiger partial charge is 0.0950 e. The highest BCUT2D eigenvalue weighted by Crippen LogP contribution is 2.19. The number of nitrogens with one attached hydrogen (secondary N) is 1. The van der Waals surface area contributed by atoms with Gasteiger partial charge in [0.1, 0.15) is 0 Å². The van der Waals surface area contributed by atoms with E-state index in [1.807, 2.05) is 24.3 Å². The molecule has 0 aliphatic carbocycles. The normalized spacial score (nSPS) is 12.6. The van der Waals surface area contributed by atoms with Crippen LogP contribution in [0.15, 0.2) is 24.3 Å². The Morgan fingerprint density at radius 2 is 1.84 bits per heavy atom. The first-order valence-electron chi connectivity index (χ1n) is 6.93. The van der Waals surface area contributed by atoms with Gasteiger partial charge in [0.15, 0.2) is 0 Å². The summed E-state index contributed by atoms with van der Waals surface area (Å²) in [6, 6.07) is 7.81. The first kappa shape index (κ1) is 16.4. The van der Waals surface area contributed by atoms with Crippen LogP contribution in [0.25, 0.3) is 0 Å². The molecule has 0 aliphatic heterocycles. The van der Waals surface area contributed by atoms with E-state index in [0.29, 0.717) is 13.2 Å². The van der Waals surface area contributed by atoms with E-state index in [-0.39, 0.29) is 6.10 Å². The molecule has 3 nitrogen and oxygen atoms in total. The van der Waals surface area contributed by atoms with Gasteiger partial charge >= 0.3 is 0 Å². The number of benzene rings is 1. The fraction of sp³-hybridized carbons (Fsp3) is 0.600. The SMILES string of the molecule is CCCOCCOC(CNCC)c1ccc(Cl)cc1. The van der Waals surface area contributed by atoms with E-state index >= 15 is 0 Å². The van der Waals surface area contributed by atoms with Crippen LogP contribution in [0.2, 0.25) is 5.02 Å². The van der Waals surface area contributed by atoms with Gasteiger partial charge in [-0.05, 0) is 30.7 Å². The molecule has 0 bridgehead atoms. The van der Waals surface area contributed by atoms with Crippen molar-refractivity contribution >= 4 is 11.6 Å². The van der Waals surface area contributed by atoms with Gasteiger partial charge in [-0.2, -0.15) is 0 Å². The zero-order chi connectivity index (χ0) is 13.9. The first-order chi connectivity index (χ1) is 9.27. The lowest BCUT2D eigenvalue weighted by Crippen LogP contribution is -2.24. The van der Waals surface area contributed by atoms with Gasteiger partial charge in [0.2, 0.25) is 0 Å². The second-order valence-corrected chi connectivity index (χ2v) is 4.77. The van der Waals surface area contributed by atoms with Crippen molar-refractivity contribution in [2.75, 3.05) is 32.9 Å². The molecule has 0 saturated heterocycles. The summed E-state index contributed by atoms with van der Waals surface area (Å²) in [5, 5.41) is 4.06. The molecular formula is C15H24ClNO2. The molecule has 1 N–H and O–H groups in total. The number of ether oxygens (including phenoxy) is 2. The number of rotatable bonds is 10. The molecule has 108 valence electrons. The summed E-state index contributed by atoms with van der Waals surface area (Å²) in [7, 11) is 0. The highest BCUT2D eigenvalue weighted by molar-refractivity contribution is 6.30. The van der Waals surface area contributed by atoms with Crippen LogP contribution in [0.1, 0.15) is 31.9 Å². The van der Waals surface area contributed by atoms with Gasteiger partial charge in [0.25, 0.3) is 0 Å². The van der Waals surface area contributed by atoms with Crippen molar-refractivity contribution in [2.45, 2.75) is 26.4 Å². The van der Waals surface area contributed by atoms with Crippen LogP contribution in [-0.2, 0) is 9.47 Å². The molecular weight excluding hydrogens is 262 g/mol. The van der Waals surface area contributed by atoms with Crippen LogP contribution in [0.5, 0.6) is 0 Å². The summed E-state index contributed by atoms with van der Waals surface area (Å²) < 4.78 is 11.3. The maximum atomic E-state index is 5.91. The molecule has 4 heteroatoms. The summed E-state index contributed by atoms with van der Waals surface area (Å²) in [6.45, 7) is 7.96. The Hall–Kier alpha value is -0.610. The van der Waals surface area contributed by atoms with Crippen molar-refractivity contribution in [3.8, 4) is 0 Å². The van der Waals surface area contributed by atoms with Crippen molar-refractivity contribution < 1.29 is 9.47 Å². The second-order valence-electron chi connectivity index (χ2n) is 4.33. The second kappa shape index (κ2) is 10.2. The van der Waals surface area contributed by atoms with Crippen LogP contribution in [0.3, 0.4) is 0 Å². The minimum absolute atomic E-state index is 0.0439. The summed E-state index contributed by atoms with van der Waals surface area (Å²) >= 11 is 5.91. The van der Waals surface area contributed by atoms with E-state index in [0.717, 1.165) is 36.7 Å². The summed E-state index contributed by atoms with van der Waals surface area (Å²) in [6.07, 6.45) is 1.08. The van der Waals surface area contributed by atoms with Gasteiger partial charge in [-0.3, -0.25) is 0 Å². The van der Waals surface area contributed by atoms with Gasteiger partial charge in [0, 0.05) is 18.2 Å². The molecule has 0 heterocycles. The molecule has 0 fully saturated rings. The standard InChI is InChI=1S/C15H24ClNO2/c1-3-9-18-10-11-19-15(12-17-4-2)13-5-7-14(16)8-6-13/h5-8,15,17H,3-4,9-12H2,1-2H3. The number of halogens is 1. The van der Waals surface area contributed by atoms with E-state index in [1.165, 1.54) is 0 Å². The zero-order valence-corrected chi connectivity index (χ0v) is 12.6. The molecule has 0 aromatic heterocycles. The molecule has 0 aliphatic rings. The summed E-state index contributed by atoms with van der Waals surface area (Å²) in [5.41, 5.74) is 1.14. The first-order valence-corrected chi connectivity index (χ1v) is 7.31. The average Bonchev–Trinajstić information content (AvgIpc) is 2.43. The van der Waals surface area contributed by atoms with Crippen molar-refractivity contribution in [1.82, 2.24) is 5.32 Å². The van der Waals surface area contributed by atoms with Crippen LogP contribution in [0.4, 0.5) is 0 Å². The van der Waals surface area contributed by atoms with Crippen LogP contribution >= 0.6 is 11.6 Å². The Bertz CT molecular complexity index is 329. The van der Waals surface area contributed by atoms with E-state index in [9.17, 15) is 0 Å². The lowest BCUT2D eigenvalue weighted by Gasteiger charge is -2.19. The van der Waals surface area contributed by atoms with Crippen molar-refractivity contribution in [2.24, 2.45) is 0 Å². The average molecular weight is 286 g/mol. The molecule has 1 aromatic rings. The molecule has 0 amide bonds.